The topological polar surface area (TPSA) is 75.9 Å². The molecule has 1 aromatic heterocycles. The van der Waals surface area contributed by atoms with Crippen LogP contribution >= 0.6 is 0 Å². The van der Waals surface area contributed by atoms with E-state index in [9.17, 15) is 9.59 Å². The number of ether oxygens (including phenoxy) is 1. The normalized spacial score (nSPS) is 19.6. The van der Waals surface area contributed by atoms with Crippen molar-refractivity contribution < 1.29 is 18.7 Å². The van der Waals surface area contributed by atoms with E-state index in [-0.39, 0.29) is 24.3 Å². The molecule has 0 N–H and O–H groups in total. The van der Waals surface area contributed by atoms with E-state index in [0.29, 0.717) is 31.8 Å². The molecule has 3 heterocycles. The molecule has 1 atom stereocenters. The van der Waals surface area contributed by atoms with Gasteiger partial charge in [0.05, 0.1) is 25.8 Å². The lowest BCUT2D eigenvalue weighted by molar-refractivity contribution is -0.139. The highest BCUT2D eigenvalue weighted by molar-refractivity contribution is 5.86. The molecule has 0 radical (unpaired) electrons. The second kappa shape index (κ2) is 8.68. The van der Waals surface area contributed by atoms with E-state index in [0.717, 1.165) is 42.9 Å². The second-order valence-corrected chi connectivity index (χ2v) is 7.79. The highest BCUT2D eigenvalue weighted by Gasteiger charge is 2.30. The van der Waals surface area contributed by atoms with Crippen LogP contribution in [0.15, 0.2) is 34.9 Å². The molecule has 1 aromatic carbocycles. The minimum atomic E-state index is 0.0231. The number of likely N-dealkylation sites (tertiary alicyclic amines) is 2. The average Bonchev–Trinajstić information content (AvgIpc) is 3.38. The Morgan fingerprint density at radius 1 is 1.24 bits per heavy atom. The Bertz CT molecular complexity index is 861. The summed E-state index contributed by atoms with van der Waals surface area (Å²) in [6.45, 7) is 2.22. The minimum absolute atomic E-state index is 0.0231. The fourth-order valence-electron chi connectivity index (χ4n) is 4.08. The Labute approximate surface area is 170 Å². The Kier molecular flexibility index (Phi) is 5.83. The van der Waals surface area contributed by atoms with Crippen molar-refractivity contribution in [1.82, 2.24) is 14.8 Å². The van der Waals surface area contributed by atoms with Gasteiger partial charge in [-0.15, -0.1) is 0 Å². The van der Waals surface area contributed by atoms with E-state index in [1.165, 1.54) is 0 Å². The standard InChI is InChI=1S/C22H27N3O4/c1-28-18-8-6-16(7-9-18)12-19-13-23-22(29-19)17-4-2-10-24(14-17)21(27)15-25-11-3-5-20(25)26/h6-9,13,17H,2-5,10-12,14-15H2,1H3/t17-/m0/s1. The van der Waals surface area contributed by atoms with Crippen LogP contribution < -0.4 is 4.74 Å². The molecule has 0 aliphatic carbocycles. The maximum Gasteiger partial charge on any atom is 0.242 e. The molecule has 0 bridgehead atoms. The van der Waals surface area contributed by atoms with Crippen molar-refractivity contribution >= 4 is 11.8 Å². The molecule has 29 heavy (non-hydrogen) atoms. The summed E-state index contributed by atoms with van der Waals surface area (Å²) in [5, 5.41) is 0. The molecular weight excluding hydrogens is 370 g/mol. The predicted octanol–water partition coefficient (Wildman–Crippen LogP) is 2.60. The summed E-state index contributed by atoms with van der Waals surface area (Å²) in [5.41, 5.74) is 1.13. The van der Waals surface area contributed by atoms with Crippen LogP contribution in [-0.2, 0) is 16.0 Å². The van der Waals surface area contributed by atoms with Crippen molar-refractivity contribution in [3.63, 3.8) is 0 Å². The third kappa shape index (κ3) is 4.60. The molecule has 0 saturated carbocycles. The van der Waals surface area contributed by atoms with Gasteiger partial charge in [0.1, 0.15) is 11.5 Å². The van der Waals surface area contributed by atoms with Crippen LogP contribution in [0, 0.1) is 0 Å². The summed E-state index contributed by atoms with van der Waals surface area (Å²) in [7, 11) is 1.65. The van der Waals surface area contributed by atoms with Gasteiger partial charge in [0.15, 0.2) is 5.89 Å². The number of amides is 2. The van der Waals surface area contributed by atoms with Crippen LogP contribution in [0.3, 0.4) is 0 Å². The van der Waals surface area contributed by atoms with Gasteiger partial charge in [-0.1, -0.05) is 12.1 Å². The number of hydrogen-bond acceptors (Lipinski definition) is 5. The fourth-order valence-corrected chi connectivity index (χ4v) is 4.08. The lowest BCUT2D eigenvalue weighted by atomic mass is 9.98. The second-order valence-electron chi connectivity index (χ2n) is 7.79. The molecule has 2 aromatic rings. The number of carbonyl (C=O) groups excluding carboxylic acids is 2. The van der Waals surface area contributed by atoms with Gasteiger partial charge < -0.3 is 19.0 Å². The Hall–Kier alpha value is -2.83. The molecular formula is C22H27N3O4. The lowest BCUT2D eigenvalue weighted by Crippen LogP contribution is -2.45. The molecule has 0 spiro atoms. The zero-order valence-electron chi connectivity index (χ0n) is 16.8. The first-order valence-corrected chi connectivity index (χ1v) is 10.3. The lowest BCUT2D eigenvalue weighted by Gasteiger charge is -2.32. The number of methoxy groups -OCH3 is 1. The van der Waals surface area contributed by atoms with Gasteiger partial charge in [-0.3, -0.25) is 9.59 Å². The number of nitrogens with zero attached hydrogens (tertiary/aromatic N) is 3. The molecule has 4 rings (SSSR count). The third-order valence-electron chi connectivity index (χ3n) is 5.73. The van der Waals surface area contributed by atoms with Gasteiger partial charge in [0, 0.05) is 32.5 Å². The molecule has 2 fully saturated rings. The number of benzene rings is 1. The highest BCUT2D eigenvalue weighted by atomic mass is 16.5. The summed E-state index contributed by atoms with van der Waals surface area (Å²) < 4.78 is 11.2. The van der Waals surface area contributed by atoms with Crippen molar-refractivity contribution in [3.8, 4) is 5.75 Å². The number of rotatable bonds is 6. The van der Waals surface area contributed by atoms with E-state index in [1.54, 1.807) is 18.2 Å². The molecule has 2 saturated heterocycles. The third-order valence-corrected chi connectivity index (χ3v) is 5.73. The van der Waals surface area contributed by atoms with Crippen molar-refractivity contribution in [1.29, 1.82) is 0 Å². The maximum atomic E-state index is 12.6. The molecule has 7 nitrogen and oxygen atoms in total. The fraction of sp³-hybridized carbons (Fsp3) is 0.500. The Morgan fingerprint density at radius 3 is 2.79 bits per heavy atom. The number of aromatic nitrogens is 1. The first-order valence-electron chi connectivity index (χ1n) is 10.3. The van der Waals surface area contributed by atoms with Gasteiger partial charge in [0.2, 0.25) is 11.8 Å². The molecule has 2 amide bonds. The van der Waals surface area contributed by atoms with Crippen molar-refractivity contribution in [3.05, 3.63) is 47.7 Å². The molecule has 7 heteroatoms. The smallest absolute Gasteiger partial charge is 0.242 e. The van der Waals surface area contributed by atoms with E-state index in [1.807, 2.05) is 29.2 Å². The SMILES string of the molecule is COc1ccc(Cc2cnc([C@H]3CCCN(C(=O)CN4CCCC4=O)C3)o2)cc1. The summed E-state index contributed by atoms with van der Waals surface area (Å²) in [6.07, 6.45) is 5.73. The summed E-state index contributed by atoms with van der Waals surface area (Å²) in [4.78, 5) is 32.4. The van der Waals surface area contributed by atoms with E-state index < -0.39 is 0 Å². The maximum absolute atomic E-state index is 12.6. The van der Waals surface area contributed by atoms with Crippen LogP contribution in [0.4, 0.5) is 0 Å². The Balaban J connectivity index is 1.35. The average molecular weight is 397 g/mol. The number of hydrogen-bond donors (Lipinski definition) is 0. The summed E-state index contributed by atoms with van der Waals surface area (Å²) in [6, 6.07) is 7.90. The van der Waals surface area contributed by atoms with E-state index >= 15 is 0 Å². The van der Waals surface area contributed by atoms with Gasteiger partial charge in [-0.2, -0.15) is 0 Å². The van der Waals surface area contributed by atoms with E-state index in [4.69, 9.17) is 9.15 Å². The monoisotopic (exact) mass is 397 g/mol. The van der Waals surface area contributed by atoms with Gasteiger partial charge >= 0.3 is 0 Å². The number of oxazole rings is 1. The molecule has 2 aliphatic rings. The largest absolute Gasteiger partial charge is 0.497 e. The van der Waals surface area contributed by atoms with Crippen LogP contribution in [-0.4, -0.2) is 59.9 Å². The quantitative estimate of drug-likeness (QED) is 0.749. The van der Waals surface area contributed by atoms with Crippen molar-refractivity contribution in [2.75, 3.05) is 33.3 Å². The van der Waals surface area contributed by atoms with Crippen molar-refractivity contribution in [2.24, 2.45) is 0 Å². The summed E-state index contributed by atoms with van der Waals surface area (Å²) >= 11 is 0. The van der Waals surface area contributed by atoms with Crippen LogP contribution in [0.2, 0.25) is 0 Å². The van der Waals surface area contributed by atoms with Crippen LogP contribution in [0.1, 0.15) is 48.8 Å². The minimum Gasteiger partial charge on any atom is -0.497 e. The zero-order valence-corrected chi connectivity index (χ0v) is 16.8. The zero-order chi connectivity index (χ0) is 20.2. The summed E-state index contributed by atoms with van der Waals surface area (Å²) in [5.74, 6) is 2.55. The van der Waals surface area contributed by atoms with Gasteiger partial charge in [-0.05, 0) is 37.0 Å². The number of carbonyl (C=O) groups is 2. The first-order chi connectivity index (χ1) is 14.1. The van der Waals surface area contributed by atoms with Crippen LogP contribution in [0.5, 0.6) is 5.75 Å². The first kappa shape index (κ1) is 19.5. The predicted molar refractivity (Wildman–Crippen MR) is 107 cm³/mol. The van der Waals surface area contributed by atoms with E-state index in [2.05, 4.69) is 4.98 Å². The number of piperidine rings is 1. The highest BCUT2D eigenvalue weighted by Crippen LogP contribution is 2.27. The molecule has 154 valence electrons. The molecule has 0 unspecified atom stereocenters. The van der Waals surface area contributed by atoms with Gasteiger partial charge in [-0.25, -0.2) is 4.98 Å². The van der Waals surface area contributed by atoms with Crippen molar-refractivity contribution in [2.45, 2.75) is 38.0 Å². The van der Waals surface area contributed by atoms with Gasteiger partial charge in [0.25, 0.3) is 0 Å². The Morgan fingerprint density at radius 2 is 2.07 bits per heavy atom. The molecule has 2 aliphatic heterocycles. The van der Waals surface area contributed by atoms with Crippen LogP contribution in [0.25, 0.3) is 0 Å².